The topological polar surface area (TPSA) is 67.8 Å². The Balaban J connectivity index is 1.47. The van der Waals surface area contributed by atoms with Crippen molar-refractivity contribution in [2.45, 2.75) is 38.9 Å². The summed E-state index contributed by atoms with van der Waals surface area (Å²) in [6, 6.07) is 12.5. The average Bonchev–Trinajstić information content (AvgIpc) is 3.57. The van der Waals surface area contributed by atoms with Gasteiger partial charge in [0.25, 0.3) is 0 Å². The van der Waals surface area contributed by atoms with Crippen LogP contribution < -0.4 is 4.74 Å². The van der Waals surface area contributed by atoms with Gasteiger partial charge in [-0.3, -0.25) is 9.78 Å². The van der Waals surface area contributed by atoms with Crippen molar-refractivity contribution in [3.63, 3.8) is 0 Å². The van der Waals surface area contributed by atoms with E-state index in [1.54, 1.807) is 18.2 Å². The second-order valence-corrected chi connectivity index (χ2v) is 13.4. The van der Waals surface area contributed by atoms with Crippen molar-refractivity contribution < 1.29 is 23.0 Å². The van der Waals surface area contributed by atoms with Crippen molar-refractivity contribution in [2.24, 2.45) is 0 Å². The van der Waals surface area contributed by atoms with Crippen LogP contribution >= 0.6 is 11.3 Å². The average molecular weight is 667 g/mol. The highest BCUT2D eigenvalue weighted by atomic mass is 32.1. The maximum atomic E-state index is 16.1. The molecule has 0 spiro atoms. The number of aromatic nitrogens is 2. The Morgan fingerprint density at radius 1 is 1.04 bits per heavy atom. The number of carbonyl (C=O) groups excluding carboxylic acids is 1. The van der Waals surface area contributed by atoms with Gasteiger partial charge >= 0.3 is 0 Å². The van der Waals surface area contributed by atoms with Crippen molar-refractivity contribution in [3.05, 3.63) is 101 Å². The fraction of sp³-hybridized carbons (Fsp3) is 0.289. The van der Waals surface area contributed by atoms with Crippen molar-refractivity contribution in [3.8, 4) is 39.4 Å². The fourth-order valence-corrected chi connectivity index (χ4v) is 7.75. The lowest BCUT2D eigenvalue weighted by Crippen LogP contribution is -2.42. The molecule has 10 heteroatoms. The number of hydrogen-bond acceptors (Lipinski definition) is 7. The first kappa shape index (κ1) is 32.1. The number of methoxy groups -OCH3 is 1. The van der Waals surface area contributed by atoms with Gasteiger partial charge in [-0.1, -0.05) is 18.7 Å². The number of amides is 1. The number of halogens is 2. The number of benzene rings is 2. The summed E-state index contributed by atoms with van der Waals surface area (Å²) in [6.45, 7) is 8.26. The summed E-state index contributed by atoms with van der Waals surface area (Å²) in [6.07, 6.45) is 4.63. The normalized spacial score (nSPS) is 16.1. The maximum absolute atomic E-state index is 16.1. The molecule has 0 saturated carbocycles. The van der Waals surface area contributed by atoms with Crippen LogP contribution in [-0.2, 0) is 35.5 Å². The van der Waals surface area contributed by atoms with Crippen LogP contribution in [0.2, 0.25) is 0 Å². The monoisotopic (exact) mass is 666 g/mol. The number of rotatable bonds is 8. The molecule has 48 heavy (non-hydrogen) atoms. The van der Waals surface area contributed by atoms with E-state index >= 15 is 4.39 Å². The van der Waals surface area contributed by atoms with Gasteiger partial charge in [-0.05, 0) is 66.7 Å². The van der Waals surface area contributed by atoms with Crippen LogP contribution in [0.3, 0.4) is 0 Å². The lowest BCUT2D eigenvalue weighted by atomic mass is 9.92. The number of hydrogen-bond donors (Lipinski definition) is 0. The predicted molar refractivity (Wildman–Crippen MR) is 185 cm³/mol. The number of ether oxygens (including phenoxy) is 2. The van der Waals surface area contributed by atoms with Crippen LogP contribution in [-0.4, -0.2) is 65.6 Å². The minimum absolute atomic E-state index is 0.0342. The molecule has 0 fully saturated rings. The Bertz CT molecular complexity index is 2060. The summed E-state index contributed by atoms with van der Waals surface area (Å²) in [7, 11) is 3.67. The molecule has 246 valence electrons. The molecule has 2 aliphatic rings. The highest BCUT2D eigenvalue weighted by molar-refractivity contribution is 7.18. The second-order valence-electron chi connectivity index (χ2n) is 12.5. The number of fused-ring (bicyclic) bond motifs is 3. The number of carbonyl (C=O) groups is 1. The summed E-state index contributed by atoms with van der Waals surface area (Å²) in [4.78, 5) is 26.9. The molecule has 0 N–H and O–H groups in total. The molecule has 2 aromatic carbocycles. The fourth-order valence-electron chi connectivity index (χ4n) is 6.80. The Kier molecular flexibility index (Phi) is 8.80. The molecule has 7 rings (SSSR count). The standard InChI is InChI=1S/C38H36F2N4O3S/c1-5-33(45)44-21-27-16-26(19-41-31(27)14-22(44)2)37-35(34-30(40)17-28(39)18-32(34)47-12-11-46-4)38-29(9-13-48-38)36(42-37)24-6-7-25-20-43(3)10-8-23(25)15-24/h5-7,9,13,15-19,22H,1,8,10-12,14,20-21H2,2-4H3/t22-/m1/s1. The van der Waals surface area contributed by atoms with E-state index in [2.05, 4.69) is 36.7 Å². The minimum Gasteiger partial charge on any atom is -0.490 e. The Morgan fingerprint density at radius 3 is 2.69 bits per heavy atom. The first-order valence-corrected chi connectivity index (χ1v) is 16.9. The zero-order chi connectivity index (χ0) is 33.5. The highest BCUT2D eigenvalue weighted by Gasteiger charge is 2.29. The van der Waals surface area contributed by atoms with E-state index < -0.39 is 11.6 Å². The van der Waals surface area contributed by atoms with Crippen molar-refractivity contribution in [2.75, 3.05) is 33.9 Å². The van der Waals surface area contributed by atoms with Gasteiger partial charge in [0, 0.05) is 90.0 Å². The SMILES string of the molecule is C=CC(=O)N1Cc2cc(-c3nc(-c4ccc5c(c4)CCN(C)C5)c4ccsc4c3-c3c(F)cc(F)cc3OCCOC)cnc2C[C@H]1C. The first-order chi connectivity index (χ1) is 23.2. The largest absolute Gasteiger partial charge is 0.490 e. The van der Waals surface area contributed by atoms with Gasteiger partial charge in [-0.15, -0.1) is 11.3 Å². The molecular weight excluding hydrogens is 631 g/mol. The van der Waals surface area contributed by atoms with Gasteiger partial charge in [0.05, 0.1) is 23.6 Å². The van der Waals surface area contributed by atoms with Crippen molar-refractivity contribution in [1.82, 2.24) is 19.8 Å². The Hall–Kier alpha value is -4.51. The second kappa shape index (κ2) is 13.2. The number of pyridine rings is 2. The van der Waals surface area contributed by atoms with E-state index in [0.717, 1.165) is 58.2 Å². The van der Waals surface area contributed by atoms with Crippen LogP contribution in [0.4, 0.5) is 8.78 Å². The van der Waals surface area contributed by atoms with E-state index in [1.807, 2.05) is 24.4 Å². The van der Waals surface area contributed by atoms with Gasteiger partial charge in [-0.25, -0.2) is 13.8 Å². The third kappa shape index (κ3) is 5.89. The molecule has 5 aromatic rings. The van der Waals surface area contributed by atoms with E-state index in [1.165, 1.54) is 34.6 Å². The van der Waals surface area contributed by atoms with Gasteiger partial charge in [0.1, 0.15) is 24.0 Å². The predicted octanol–water partition coefficient (Wildman–Crippen LogP) is 7.44. The molecule has 0 aliphatic carbocycles. The minimum atomic E-state index is -0.756. The quantitative estimate of drug-likeness (QED) is 0.127. The van der Waals surface area contributed by atoms with Crippen LogP contribution in [0, 0.1) is 11.6 Å². The third-order valence-corrected chi connectivity index (χ3v) is 10.2. The summed E-state index contributed by atoms with van der Waals surface area (Å²) < 4.78 is 42.7. The molecule has 0 bridgehead atoms. The Morgan fingerprint density at radius 2 is 1.88 bits per heavy atom. The number of likely N-dealkylation sites (N-methyl/N-ethyl adjacent to an activating group) is 1. The molecule has 2 aliphatic heterocycles. The molecule has 0 radical (unpaired) electrons. The van der Waals surface area contributed by atoms with Gasteiger partial charge < -0.3 is 19.3 Å². The highest BCUT2D eigenvalue weighted by Crippen LogP contribution is 2.47. The van der Waals surface area contributed by atoms with E-state index in [4.69, 9.17) is 19.4 Å². The maximum Gasteiger partial charge on any atom is 0.246 e. The first-order valence-electron chi connectivity index (χ1n) is 16.0. The molecule has 0 unspecified atom stereocenters. The lowest BCUT2D eigenvalue weighted by molar-refractivity contribution is -0.129. The van der Waals surface area contributed by atoms with E-state index in [0.29, 0.717) is 29.8 Å². The molecule has 1 atom stereocenters. The summed E-state index contributed by atoms with van der Waals surface area (Å²) in [5.41, 5.74) is 7.88. The molecule has 1 amide bonds. The molecule has 3 aromatic heterocycles. The van der Waals surface area contributed by atoms with Gasteiger partial charge in [-0.2, -0.15) is 0 Å². The van der Waals surface area contributed by atoms with Crippen molar-refractivity contribution >= 4 is 27.3 Å². The van der Waals surface area contributed by atoms with E-state index in [9.17, 15) is 9.18 Å². The van der Waals surface area contributed by atoms with E-state index in [-0.39, 0.29) is 36.5 Å². The third-order valence-electron chi connectivity index (χ3n) is 9.26. The summed E-state index contributed by atoms with van der Waals surface area (Å²) in [5, 5.41) is 2.83. The van der Waals surface area contributed by atoms with Crippen LogP contribution in [0.15, 0.2) is 66.7 Å². The Labute approximate surface area is 282 Å². The molecule has 0 saturated heterocycles. The molecule has 5 heterocycles. The smallest absolute Gasteiger partial charge is 0.246 e. The van der Waals surface area contributed by atoms with Crippen LogP contribution in [0.5, 0.6) is 5.75 Å². The summed E-state index contributed by atoms with van der Waals surface area (Å²) in [5.74, 6) is -1.58. The van der Waals surface area contributed by atoms with Gasteiger partial charge in [0.15, 0.2) is 0 Å². The molecular formula is C38H36F2N4O3S. The number of nitrogens with zero attached hydrogens (tertiary/aromatic N) is 4. The van der Waals surface area contributed by atoms with Gasteiger partial charge in [0.2, 0.25) is 5.91 Å². The zero-order valence-electron chi connectivity index (χ0n) is 27.2. The van der Waals surface area contributed by atoms with Crippen LogP contribution in [0.1, 0.15) is 29.3 Å². The molecule has 7 nitrogen and oxygen atoms in total. The lowest BCUT2D eigenvalue weighted by Gasteiger charge is -2.33. The number of thiophene rings is 1. The van der Waals surface area contributed by atoms with Crippen LogP contribution in [0.25, 0.3) is 43.7 Å². The summed E-state index contributed by atoms with van der Waals surface area (Å²) >= 11 is 1.47. The zero-order valence-corrected chi connectivity index (χ0v) is 28.0. The van der Waals surface area contributed by atoms with Crippen molar-refractivity contribution in [1.29, 1.82) is 0 Å².